The number of aliphatic hydroxyl groups excluding tert-OH is 1. The lowest BCUT2D eigenvalue weighted by Gasteiger charge is -2.39. The van der Waals surface area contributed by atoms with Crippen molar-refractivity contribution in [2.75, 3.05) is 32.7 Å². The van der Waals surface area contributed by atoms with Gasteiger partial charge in [-0.05, 0) is 36.7 Å². The number of hydrogen-bond acceptors (Lipinski definition) is 4. The largest absolute Gasteiger partial charge is 0.387 e. The molecule has 5 unspecified atom stereocenters. The van der Waals surface area contributed by atoms with E-state index >= 15 is 0 Å². The number of benzene rings is 1. The highest BCUT2D eigenvalue weighted by Crippen LogP contribution is 2.48. The van der Waals surface area contributed by atoms with Gasteiger partial charge in [-0.25, -0.2) is 0 Å². The fourth-order valence-corrected chi connectivity index (χ4v) is 5.09. The van der Waals surface area contributed by atoms with Gasteiger partial charge in [0.1, 0.15) is 0 Å². The lowest BCUT2D eigenvalue weighted by atomic mass is 9.84. The van der Waals surface area contributed by atoms with Crippen molar-refractivity contribution in [3.05, 3.63) is 35.9 Å². The van der Waals surface area contributed by atoms with Crippen molar-refractivity contribution >= 4 is 30.7 Å². The second-order valence-electron chi connectivity index (χ2n) is 7.99. The molecule has 1 aromatic carbocycles. The van der Waals surface area contributed by atoms with Crippen LogP contribution in [0.2, 0.25) is 0 Å². The Hall–Kier alpha value is -0.850. The van der Waals surface area contributed by atoms with Gasteiger partial charge in [0.05, 0.1) is 12.0 Å². The molecule has 3 N–H and O–H groups in total. The molecule has 7 heteroatoms. The Bertz CT molecular complexity index is 609. The third kappa shape index (κ3) is 4.60. The molecule has 5 nitrogen and oxygen atoms in total. The molecule has 2 bridgehead atoms. The molecule has 2 saturated carbocycles. The number of amides is 1. The highest BCUT2D eigenvalue weighted by Gasteiger charge is 2.50. The van der Waals surface area contributed by atoms with E-state index in [4.69, 9.17) is 5.73 Å². The van der Waals surface area contributed by atoms with Crippen LogP contribution >= 0.6 is 24.8 Å². The van der Waals surface area contributed by atoms with Gasteiger partial charge in [-0.2, -0.15) is 0 Å². The number of fused-ring (bicyclic) bond motifs is 2. The van der Waals surface area contributed by atoms with Crippen molar-refractivity contribution in [2.24, 2.45) is 23.5 Å². The minimum Gasteiger partial charge on any atom is -0.387 e. The maximum Gasteiger partial charge on any atom is 0.227 e. The van der Waals surface area contributed by atoms with Gasteiger partial charge in [0.25, 0.3) is 0 Å². The smallest absolute Gasteiger partial charge is 0.227 e. The van der Waals surface area contributed by atoms with Crippen molar-refractivity contribution < 1.29 is 9.90 Å². The monoisotopic (exact) mass is 415 g/mol. The summed E-state index contributed by atoms with van der Waals surface area (Å²) >= 11 is 0. The molecule has 1 aromatic rings. The standard InChI is InChI=1S/C20H29N3O2.2ClH/c21-19-16-7-6-15(12-16)18(19)20(25)23-10-8-22(9-11-23)13-17(24)14-4-2-1-3-5-14;;/h1-5,15-19,24H,6-13,21H2;2*1H. The molecule has 3 fully saturated rings. The van der Waals surface area contributed by atoms with Gasteiger partial charge in [-0.15, -0.1) is 24.8 Å². The maximum absolute atomic E-state index is 12.9. The Morgan fingerprint density at radius 1 is 1.07 bits per heavy atom. The van der Waals surface area contributed by atoms with Gasteiger partial charge in [-0.1, -0.05) is 30.3 Å². The second kappa shape index (κ2) is 9.57. The lowest BCUT2D eigenvalue weighted by Crippen LogP contribution is -2.54. The van der Waals surface area contributed by atoms with E-state index in [2.05, 4.69) is 4.90 Å². The van der Waals surface area contributed by atoms with Crippen LogP contribution in [0.4, 0.5) is 0 Å². The number of halogens is 2. The summed E-state index contributed by atoms with van der Waals surface area (Å²) in [5.74, 6) is 1.43. The third-order valence-electron chi connectivity index (χ3n) is 6.57. The summed E-state index contributed by atoms with van der Waals surface area (Å²) in [5.41, 5.74) is 7.29. The molecule has 4 rings (SSSR count). The second-order valence-corrected chi connectivity index (χ2v) is 7.99. The molecule has 152 valence electrons. The molecule has 1 saturated heterocycles. The van der Waals surface area contributed by atoms with Crippen molar-refractivity contribution in [1.82, 2.24) is 9.80 Å². The average Bonchev–Trinajstić information content (AvgIpc) is 3.24. The Kier molecular flexibility index (Phi) is 7.95. The number of piperazine rings is 1. The molecule has 0 aromatic heterocycles. The fourth-order valence-electron chi connectivity index (χ4n) is 5.09. The van der Waals surface area contributed by atoms with Crippen LogP contribution in [0.1, 0.15) is 30.9 Å². The van der Waals surface area contributed by atoms with Crippen molar-refractivity contribution in [2.45, 2.75) is 31.4 Å². The molecule has 1 amide bonds. The number of rotatable bonds is 4. The summed E-state index contributed by atoms with van der Waals surface area (Å²) in [6, 6.07) is 9.86. The van der Waals surface area contributed by atoms with Crippen LogP contribution in [0.25, 0.3) is 0 Å². The van der Waals surface area contributed by atoms with Gasteiger partial charge in [0.15, 0.2) is 0 Å². The van der Waals surface area contributed by atoms with Crippen molar-refractivity contribution in [3.63, 3.8) is 0 Å². The van der Waals surface area contributed by atoms with Gasteiger partial charge in [0.2, 0.25) is 5.91 Å². The fraction of sp³-hybridized carbons (Fsp3) is 0.650. The van der Waals surface area contributed by atoms with E-state index in [1.54, 1.807) is 0 Å². The van der Waals surface area contributed by atoms with Crippen LogP contribution in [0.15, 0.2) is 30.3 Å². The lowest BCUT2D eigenvalue weighted by molar-refractivity contribution is -0.139. The van der Waals surface area contributed by atoms with Crippen LogP contribution in [-0.4, -0.2) is 59.6 Å². The first kappa shape index (κ1) is 22.4. The molecule has 2 aliphatic carbocycles. The van der Waals surface area contributed by atoms with Crippen LogP contribution in [0.5, 0.6) is 0 Å². The number of carbonyl (C=O) groups is 1. The summed E-state index contributed by atoms with van der Waals surface area (Å²) in [6.07, 6.45) is 3.07. The first-order valence-electron chi connectivity index (χ1n) is 9.63. The van der Waals surface area contributed by atoms with Crippen LogP contribution in [-0.2, 0) is 4.79 Å². The van der Waals surface area contributed by atoms with Crippen molar-refractivity contribution in [3.8, 4) is 0 Å². The van der Waals surface area contributed by atoms with E-state index in [9.17, 15) is 9.90 Å². The number of β-amino-alcohol motifs (C(OH)–C–C–N with tert-alkyl or cyclic N) is 1. The third-order valence-corrected chi connectivity index (χ3v) is 6.57. The highest BCUT2D eigenvalue weighted by molar-refractivity contribution is 5.85. The zero-order chi connectivity index (χ0) is 17.4. The number of nitrogens with zero attached hydrogens (tertiary/aromatic N) is 2. The molecule has 5 atom stereocenters. The Morgan fingerprint density at radius 2 is 1.70 bits per heavy atom. The first-order chi connectivity index (χ1) is 12.1. The van der Waals surface area contributed by atoms with Crippen LogP contribution < -0.4 is 5.73 Å². The van der Waals surface area contributed by atoms with E-state index in [1.165, 1.54) is 12.8 Å². The first-order valence-corrected chi connectivity index (χ1v) is 9.63. The summed E-state index contributed by atoms with van der Waals surface area (Å²) in [5, 5.41) is 10.4. The van der Waals surface area contributed by atoms with E-state index < -0.39 is 6.10 Å². The molecule has 1 heterocycles. The minimum atomic E-state index is -0.470. The van der Waals surface area contributed by atoms with Gasteiger partial charge >= 0.3 is 0 Å². The minimum absolute atomic E-state index is 0. The molecule has 3 aliphatic rings. The van der Waals surface area contributed by atoms with E-state index in [1.807, 2.05) is 35.2 Å². The molecule has 0 radical (unpaired) electrons. The van der Waals surface area contributed by atoms with Gasteiger partial charge in [-0.3, -0.25) is 9.69 Å². The quantitative estimate of drug-likeness (QED) is 0.789. The van der Waals surface area contributed by atoms with Gasteiger partial charge in [0, 0.05) is 38.8 Å². The number of hydrogen-bond donors (Lipinski definition) is 2. The Morgan fingerprint density at radius 3 is 2.30 bits per heavy atom. The predicted octanol–water partition coefficient (Wildman–Crippen LogP) is 2.08. The highest BCUT2D eigenvalue weighted by atomic mass is 35.5. The van der Waals surface area contributed by atoms with E-state index in [-0.39, 0.29) is 42.7 Å². The average molecular weight is 416 g/mol. The topological polar surface area (TPSA) is 69.8 Å². The number of aliphatic hydroxyl groups is 1. The Balaban J connectivity index is 0.00000131. The number of carbonyl (C=O) groups excluding carboxylic acids is 1. The summed E-state index contributed by atoms with van der Waals surface area (Å²) < 4.78 is 0. The summed E-state index contributed by atoms with van der Waals surface area (Å²) in [4.78, 5) is 17.2. The Labute approximate surface area is 174 Å². The van der Waals surface area contributed by atoms with Crippen molar-refractivity contribution in [1.29, 1.82) is 0 Å². The zero-order valence-electron chi connectivity index (χ0n) is 15.6. The normalized spacial score (nSPS) is 31.1. The SMILES string of the molecule is Cl.Cl.NC1C2CCC(C2)C1C(=O)N1CCN(CC(O)c2ccccc2)CC1. The van der Waals surface area contributed by atoms with Crippen LogP contribution in [0, 0.1) is 17.8 Å². The van der Waals surface area contributed by atoms with Crippen LogP contribution in [0.3, 0.4) is 0 Å². The molecule has 0 spiro atoms. The maximum atomic E-state index is 12.9. The predicted molar refractivity (Wildman–Crippen MR) is 111 cm³/mol. The summed E-state index contributed by atoms with van der Waals surface area (Å²) in [7, 11) is 0. The summed E-state index contributed by atoms with van der Waals surface area (Å²) in [6.45, 7) is 3.78. The van der Waals surface area contributed by atoms with E-state index in [0.29, 0.717) is 18.4 Å². The zero-order valence-corrected chi connectivity index (χ0v) is 17.2. The molecule has 1 aliphatic heterocycles. The number of nitrogens with two attached hydrogens (primary N) is 1. The van der Waals surface area contributed by atoms with Gasteiger partial charge < -0.3 is 15.7 Å². The molecular weight excluding hydrogens is 385 g/mol. The molecule has 27 heavy (non-hydrogen) atoms. The van der Waals surface area contributed by atoms with E-state index in [0.717, 1.165) is 38.2 Å². The molecular formula is C20H31Cl2N3O2.